The van der Waals surface area contributed by atoms with E-state index in [-0.39, 0.29) is 5.82 Å². The molecule has 0 aliphatic carbocycles. The lowest BCUT2D eigenvalue weighted by Crippen LogP contribution is -2.00. The predicted octanol–water partition coefficient (Wildman–Crippen LogP) is -0.322. The molecule has 0 amide bonds. The Hall–Kier alpha value is -2.13. The van der Waals surface area contributed by atoms with Crippen molar-refractivity contribution in [1.29, 1.82) is 0 Å². The van der Waals surface area contributed by atoms with Gasteiger partial charge in [0.15, 0.2) is 11.5 Å². The number of nitrogens with two attached hydrogens (primary N) is 1. The second kappa shape index (κ2) is 3.79. The van der Waals surface area contributed by atoms with Crippen LogP contribution in [-0.4, -0.2) is 30.7 Å². The highest BCUT2D eigenvalue weighted by atomic mass is 16.3. The van der Waals surface area contributed by atoms with Gasteiger partial charge in [-0.3, -0.25) is 0 Å². The van der Waals surface area contributed by atoms with Crippen molar-refractivity contribution in [2.75, 3.05) is 5.73 Å². The quantitative estimate of drug-likeness (QED) is 0.590. The van der Waals surface area contributed by atoms with E-state index in [1.165, 1.54) is 0 Å². The number of hydrogen-bond acceptors (Lipinski definition) is 5. The van der Waals surface area contributed by atoms with E-state index < -0.39 is 6.10 Å². The molecule has 2 aromatic rings. The van der Waals surface area contributed by atoms with Crippen molar-refractivity contribution in [3.63, 3.8) is 0 Å². The molecule has 16 heavy (non-hydrogen) atoms. The van der Waals surface area contributed by atoms with Crippen LogP contribution < -0.4 is 5.73 Å². The van der Waals surface area contributed by atoms with Gasteiger partial charge in [0.05, 0.1) is 6.33 Å². The summed E-state index contributed by atoms with van der Waals surface area (Å²) in [7, 11) is 1.81. The van der Waals surface area contributed by atoms with Gasteiger partial charge in [0, 0.05) is 7.05 Å². The van der Waals surface area contributed by atoms with Crippen LogP contribution >= 0.6 is 0 Å². The van der Waals surface area contributed by atoms with Crippen LogP contribution in [0.3, 0.4) is 0 Å². The number of aryl methyl sites for hydroxylation is 1. The number of nitrogen functional groups attached to an aromatic ring is 1. The maximum Gasteiger partial charge on any atom is 0.209 e. The summed E-state index contributed by atoms with van der Waals surface area (Å²) in [6, 6.07) is 0. The molecule has 2 rings (SSSR count). The van der Waals surface area contributed by atoms with Gasteiger partial charge in [-0.15, -0.1) is 0 Å². The van der Waals surface area contributed by atoms with Gasteiger partial charge in [-0.1, -0.05) is 5.92 Å². The average Bonchev–Trinajstić information content (AvgIpc) is 2.58. The third-order valence-corrected chi connectivity index (χ3v) is 1.98. The van der Waals surface area contributed by atoms with Gasteiger partial charge in [0.1, 0.15) is 11.6 Å². The standard InChI is InChI=1S/C10H11N5O/c1-6(16)3-4-7-13-9(11)8-10(14-7)15(2)5-12-8/h5-6,16H,1-2H3,(H2,11,13,14)/t6-/m0/s1. The van der Waals surface area contributed by atoms with E-state index in [9.17, 15) is 0 Å². The highest BCUT2D eigenvalue weighted by Gasteiger charge is 2.07. The molecule has 0 aliphatic heterocycles. The highest BCUT2D eigenvalue weighted by molar-refractivity contribution is 5.81. The van der Waals surface area contributed by atoms with E-state index in [0.29, 0.717) is 17.0 Å². The highest BCUT2D eigenvalue weighted by Crippen LogP contribution is 2.14. The third kappa shape index (κ3) is 1.81. The summed E-state index contributed by atoms with van der Waals surface area (Å²) < 4.78 is 1.74. The van der Waals surface area contributed by atoms with E-state index in [1.54, 1.807) is 17.8 Å². The van der Waals surface area contributed by atoms with Crippen LogP contribution in [-0.2, 0) is 7.05 Å². The Balaban J connectivity index is 2.58. The van der Waals surface area contributed by atoms with E-state index >= 15 is 0 Å². The van der Waals surface area contributed by atoms with Crippen LogP contribution in [0.2, 0.25) is 0 Å². The number of nitrogens with zero attached hydrogens (tertiary/aromatic N) is 4. The molecule has 2 heterocycles. The molecule has 0 unspecified atom stereocenters. The van der Waals surface area contributed by atoms with E-state index in [4.69, 9.17) is 10.8 Å². The first-order valence-electron chi connectivity index (χ1n) is 4.72. The lowest BCUT2D eigenvalue weighted by molar-refractivity contribution is 0.253. The molecule has 6 nitrogen and oxygen atoms in total. The number of fused-ring (bicyclic) bond motifs is 1. The second-order valence-corrected chi connectivity index (χ2v) is 3.41. The van der Waals surface area contributed by atoms with Crippen LogP contribution in [0.15, 0.2) is 6.33 Å². The zero-order valence-electron chi connectivity index (χ0n) is 8.97. The van der Waals surface area contributed by atoms with E-state index in [1.807, 2.05) is 7.05 Å². The number of anilines is 1. The Morgan fingerprint density at radius 1 is 1.50 bits per heavy atom. The molecule has 2 aromatic heterocycles. The molecule has 82 valence electrons. The summed E-state index contributed by atoms with van der Waals surface area (Å²) in [6.07, 6.45) is 0.897. The Bertz CT molecular complexity index is 590. The van der Waals surface area contributed by atoms with Crippen LogP contribution in [0.5, 0.6) is 0 Å². The first-order valence-corrected chi connectivity index (χ1v) is 4.72. The molecule has 0 bridgehead atoms. The lowest BCUT2D eigenvalue weighted by Gasteiger charge is -1.97. The zero-order chi connectivity index (χ0) is 11.7. The SMILES string of the molecule is C[C@H](O)C#Cc1nc(N)c2ncn(C)c2n1. The largest absolute Gasteiger partial charge is 0.382 e. The first kappa shape index (κ1) is 10.4. The Labute approximate surface area is 92.1 Å². The fourth-order valence-electron chi connectivity index (χ4n) is 1.25. The monoisotopic (exact) mass is 217 g/mol. The van der Waals surface area contributed by atoms with Gasteiger partial charge in [-0.25, -0.2) is 15.0 Å². The Morgan fingerprint density at radius 2 is 2.25 bits per heavy atom. The first-order chi connectivity index (χ1) is 7.58. The van der Waals surface area contributed by atoms with Crippen LogP contribution in [0.4, 0.5) is 5.82 Å². The molecular formula is C10H11N5O. The maximum absolute atomic E-state index is 9.03. The summed E-state index contributed by atoms with van der Waals surface area (Å²) in [5.41, 5.74) is 6.91. The molecule has 0 aliphatic rings. The van der Waals surface area contributed by atoms with E-state index in [2.05, 4.69) is 26.8 Å². The topological polar surface area (TPSA) is 89.9 Å². The van der Waals surface area contributed by atoms with Crippen LogP contribution in [0.1, 0.15) is 12.7 Å². The lowest BCUT2D eigenvalue weighted by atomic mass is 10.4. The summed E-state index contributed by atoms with van der Waals surface area (Å²) in [4.78, 5) is 12.3. The van der Waals surface area contributed by atoms with Crippen LogP contribution in [0.25, 0.3) is 11.2 Å². The third-order valence-electron chi connectivity index (χ3n) is 1.98. The second-order valence-electron chi connectivity index (χ2n) is 3.41. The van der Waals surface area contributed by atoms with Gasteiger partial charge in [0.2, 0.25) is 5.82 Å². The van der Waals surface area contributed by atoms with Gasteiger partial charge in [-0.05, 0) is 12.8 Å². The molecule has 0 saturated carbocycles. The maximum atomic E-state index is 9.03. The smallest absolute Gasteiger partial charge is 0.209 e. The number of aliphatic hydroxyl groups excluding tert-OH is 1. The normalized spacial score (nSPS) is 12.2. The summed E-state index contributed by atoms with van der Waals surface area (Å²) in [5.74, 6) is 5.79. The summed E-state index contributed by atoms with van der Waals surface area (Å²) in [6.45, 7) is 1.57. The minimum absolute atomic E-state index is 0.287. The van der Waals surface area contributed by atoms with Gasteiger partial charge in [0.25, 0.3) is 0 Å². The summed E-state index contributed by atoms with van der Waals surface area (Å²) in [5, 5.41) is 9.03. The molecule has 6 heteroatoms. The molecule has 1 atom stereocenters. The minimum atomic E-state index is -0.716. The average molecular weight is 217 g/mol. The van der Waals surface area contributed by atoms with Crippen molar-refractivity contribution in [2.45, 2.75) is 13.0 Å². The van der Waals surface area contributed by atoms with Crippen molar-refractivity contribution in [1.82, 2.24) is 19.5 Å². The van der Waals surface area contributed by atoms with Crippen molar-refractivity contribution in [3.05, 3.63) is 12.2 Å². The molecule has 0 fully saturated rings. The number of imidazole rings is 1. The minimum Gasteiger partial charge on any atom is -0.382 e. The number of aromatic nitrogens is 4. The summed E-state index contributed by atoms with van der Waals surface area (Å²) >= 11 is 0. The van der Waals surface area contributed by atoms with Gasteiger partial charge < -0.3 is 15.4 Å². The van der Waals surface area contributed by atoms with Crippen LogP contribution in [0, 0.1) is 11.8 Å². The molecule has 3 N–H and O–H groups in total. The molecule has 0 saturated heterocycles. The fourth-order valence-corrected chi connectivity index (χ4v) is 1.25. The molecule has 0 aromatic carbocycles. The zero-order valence-corrected chi connectivity index (χ0v) is 8.97. The van der Waals surface area contributed by atoms with Crippen molar-refractivity contribution >= 4 is 17.0 Å². The van der Waals surface area contributed by atoms with Crippen molar-refractivity contribution in [2.24, 2.45) is 7.05 Å². The van der Waals surface area contributed by atoms with E-state index in [0.717, 1.165) is 0 Å². The molecule has 0 spiro atoms. The van der Waals surface area contributed by atoms with Crippen molar-refractivity contribution < 1.29 is 5.11 Å². The number of rotatable bonds is 0. The Kier molecular flexibility index (Phi) is 2.46. The van der Waals surface area contributed by atoms with Gasteiger partial charge in [-0.2, -0.15) is 0 Å². The number of hydrogen-bond donors (Lipinski definition) is 2. The number of aliphatic hydroxyl groups is 1. The Morgan fingerprint density at radius 3 is 2.94 bits per heavy atom. The van der Waals surface area contributed by atoms with Gasteiger partial charge >= 0.3 is 0 Å². The molecule has 0 radical (unpaired) electrons. The van der Waals surface area contributed by atoms with Crippen molar-refractivity contribution in [3.8, 4) is 11.8 Å². The molecular weight excluding hydrogens is 206 g/mol. The fraction of sp³-hybridized carbons (Fsp3) is 0.300. The predicted molar refractivity (Wildman–Crippen MR) is 59.3 cm³/mol.